The summed E-state index contributed by atoms with van der Waals surface area (Å²) in [6.45, 7) is 2.01. The number of hydrogen-bond acceptors (Lipinski definition) is 7. The maximum atomic E-state index is 11.9. The Hall–Kier alpha value is -1.94. The van der Waals surface area contributed by atoms with Crippen LogP contribution < -0.4 is 4.72 Å². The fourth-order valence-electron chi connectivity index (χ4n) is 1.36. The molecule has 8 nitrogen and oxygen atoms in total. The average Bonchev–Trinajstić information content (AvgIpc) is 3.00. The van der Waals surface area contributed by atoms with Gasteiger partial charge < -0.3 is 4.74 Å². The molecule has 0 aliphatic rings. The monoisotopic (exact) mass is 316 g/mol. The number of nitrogens with one attached hydrogen (secondary N) is 2. The summed E-state index contributed by atoms with van der Waals surface area (Å²) in [5, 5.41) is 7.65. The van der Waals surface area contributed by atoms with Crippen molar-refractivity contribution in [3.05, 3.63) is 23.3 Å². The van der Waals surface area contributed by atoms with Gasteiger partial charge in [0.1, 0.15) is 0 Å². The van der Waals surface area contributed by atoms with Gasteiger partial charge in [0.25, 0.3) is 10.0 Å². The highest BCUT2D eigenvalue weighted by molar-refractivity contribution is 7.92. The Kier molecular flexibility index (Phi) is 4.35. The number of H-pyrrole nitrogens is 1. The fraction of sp³-hybridized carbons (Fsp3) is 0.300. The molecule has 0 aliphatic carbocycles. The van der Waals surface area contributed by atoms with Gasteiger partial charge in [-0.05, 0) is 13.0 Å². The van der Waals surface area contributed by atoms with Gasteiger partial charge in [-0.2, -0.15) is 13.5 Å². The zero-order chi connectivity index (χ0) is 14.6. The number of esters is 1. The summed E-state index contributed by atoms with van der Waals surface area (Å²) >= 11 is 1.09. The van der Waals surface area contributed by atoms with Crippen LogP contribution in [0.15, 0.2) is 22.7 Å². The van der Waals surface area contributed by atoms with Crippen molar-refractivity contribution in [3.63, 3.8) is 0 Å². The van der Waals surface area contributed by atoms with E-state index >= 15 is 0 Å². The lowest BCUT2D eigenvalue weighted by molar-refractivity contribution is -0.142. The van der Waals surface area contributed by atoms with Crippen LogP contribution in [0.2, 0.25) is 0 Å². The number of hydrogen-bond donors (Lipinski definition) is 2. The maximum Gasteiger partial charge on any atom is 0.311 e. The first kappa shape index (κ1) is 14.5. The number of ether oxygens (including phenoxy) is 1. The van der Waals surface area contributed by atoms with Crippen LogP contribution in [-0.2, 0) is 26.0 Å². The Morgan fingerprint density at radius 1 is 1.55 bits per heavy atom. The molecule has 2 heterocycles. The summed E-state index contributed by atoms with van der Waals surface area (Å²) in [7, 11) is -3.73. The third kappa shape index (κ3) is 3.54. The Balaban J connectivity index is 2.05. The van der Waals surface area contributed by atoms with Crippen molar-refractivity contribution < 1.29 is 17.9 Å². The van der Waals surface area contributed by atoms with Gasteiger partial charge in [0, 0.05) is 5.38 Å². The number of aromatic amines is 1. The van der Waals surface area contributed by atoms with E-state index in [2.05, 4.69) is 19.9 Å². The molecule has 0 radical (unpaired) electrons. The Morgan fingerprint density at radius 2 is 2.35 bits per heavy atom. The van der Waals surface area contributed by atoms with Crippen LogP contribution in [0, 0.1) is 0 Å². The molecule has 108 valence electrons. The van der Waals surface area contributed by atoms with Crippen molar-refractivity contribution in [1.29, 1.82) is 0 Å². The minimum absolute atomic E-state index is 0.0100. The summed E-state index contributed by atoms with van der Waals surface area (Å²) in [6, 6.07) is 1.33. The van der Waals surface area contributed by atoms with Crippen LogP contribution in [-0.4, -0.2) is 36.2 Å². The van der Waals surface area contributed by atoms with Crippen LogP contribution in [0.1, 0.15) is 12.6 Å². The number of sulfonamides is 1. The van der Waals surface area contributed by atoms with Crippen molar-refractivity contribution in [2.75, 3.05) is 11.3 Å². The van der Waals surface area contributed by atoms with Crippen LogP contribution in [0.25, 0.3) is 0 Å². The summed E-state index contributed by atoms with van der Waals surface area (Å²) < 4.78 is 30.9. The van der Waals surface area contributed by atoms with E-state index < -0.39 is 16.0 Å². The van der Waals surface area contributed by atoms with E-state index in [4.69, 9.17) is 4.74 Å². The van der Waals surface area contributed by atoms with Gasteiger partial charge in [-0.3, -0.25) is 14.6 Å². The number of nitrogens with zero attached hydrogens (tertiary/aromatic N) is 2. The minimum Gasteiger partial charge on any atom is -0.466 e. The molecule has 10 heteroatoms. The lowest BCUT2D eigenvalue weighted by Crippen LogP contribution is -2.13. The fourth-order valence-corrected chi connectivity index (χ4v) is 3.23. The van der Waals surface area contributed by atoms with Gasteiger partial charge in [-0.25, -0.2) is 4.98 Å². The number of anilines is 1. The second-order valence-electron chi connectivity index (χ2n) is 3.65. The minimum atomic E-state index is -3.73. The third-order valence-electron chi connectivity index (χ3n) is 2.17. The van der Waals surface area contributed by atoms with Crippen LogP contribution in [0.5, 0.6) is 0 Å². The number of thiazole rings is 1. The highest BCUT2D eigenvalue weighted by atomic mass is 32.2. The number of carbonyl (C=O) groups is 1. The predicted octanol–water partition coefficient (Wildman–Crippen LogP) is 0.773. The normalized spacial score (nSPS) is 11.2. The molecular formula is C10H12N4O4S2. The smallest absolute Gasteiger partial charge is 0.311 e. The molecule has 0 spiro atoms. The van der Waals surface area contributed by atoms with Crippen molar-refractivity contribution in [1.82, 2.24) is 15.2 Å². The second-order valence-corrected chi connectivity index (χ2v) is 6.16. The van der Waals surface area contributed by atoms with E-state index in [9.17, 15) is 13.2 Å². The zero-order valence-electron chi connectivity index (χ0n) is 10.5. The topological polar surface area (TPSA) is 114 Å². The molecule has 0 saturated heterocycles. The summed E-state index contributed by atoms with van der Waals surface area (Å²) in [4.78, 5) is 15.3. The van der Waals surface area contributed by atoms with Crippen molar-refractivity contribution in [3.8, 4) is 0 Å². The molecular weight excluding hydrogens is 304 g/mol. The first-order chi connectivity index (χ1) is 9.51. The molecule has 0 amide bonds. The first-order valence-corrected chi connectivity index (χ1v) is 8.00. The van der Waals surface area contributed by atoms with Gasteiger partial charge in [-0.1, -0.05) is 0 Å². The molecule has 2 aromatic rings. The highest BCUT2D eigenvalue weighted by Crippen LogP contribution is 2.19. The van der Waals surface area contributed by atoms with Gasteiger partial charge in [0.15, 0.2) is 10.2 Å². The Labute approximate surface area is 119 Å². The van der Waals surface area contributed by atoms with Crippen LogP contribution >= 0.6 is 11.3 Å². The lowest BCUT2D eigenvalue weighted by Gasteiger charge is -2.01. The molecule has 0 saturated carbocycles. The van der Waals surface area contributed by atoms with Crippen LogP contribution in [0.4, 0.5) is 5.13 Å². The van der Waals surface area contributed by atoms with Gasteiger partial charge >= 0.3 is 5.97 Å². The number of carbonyl (C=O) groups excluding carboxylic acids is 1. The summed E-state index contributed by atoms with van der Waals surface area (Å²) in [6.07, 6.45) is 1.35. The third-order valence-corrected chi connectivity index (χ3v) is 4.37. The van der Waals surface area contributed by atoms with Gasteiger partial charge in [0.2, 0.25) is 0 Å². The van der Waals surface area contributed by atoms with E-state index in [1.807, 2.05) is 0 Å². The quantitative estimate of drug-likeness (QED) is 0.761. The van der Waals surface area contributed by atoms with Crippen LogP contribution in [0.3, 0.4) is 0 Å². The van der Waals surface area contributed by atoms with E-state index in [0.29, 0.717) is 12.3 Å². The summed E-state index contributed by atoms with van der Waals surface area (Å²) in [5.41, 5.74) is 0.454. The maximum absolute atomic E-state index is 11.9. The molecule has 2 aromatic heterocycles. The Morgan fingerprint density at radius 3 is 3.00 bits per heavy atom. The largest absolute Gasteiger partial charge is 0.466 e. The van der Waals surface area contributed by atoms with E-state index in [1.165, 1.54) is 12.3 Å². The Bertz CT molecular complexity index is 678. The van der Waals surface area contributed by atoms with Crippen molar-refractivity contribution in [2.45, 2.75) is 18.4 Å². The molecule has 0 fully saturated rings. The van der Waals surface area contributed by atoms with E-state index in [0.717, 1.165) is 11.3 Å². The average molecular weight is 316 g/mol. The number of aromatic nitrogens is 3. The second kappa shape index (κ2) is 6.01. The predicted molar refractivity (Wildman–Crippen MR) is 71.8 cm³/mol. The summed E-state index contributed by atoms with van der Waals surface area (Å²) in [5.74, 6) is -0.402. The molecule has 20 heavy (non-hydrogen) atoms. The van der Waals surface area contributed by atoms with Gasteiger partial charge in [0.05, 0.1) is 24.9 Å². The van der Waals surface area contributed by atoms with E-state index in [1.54, 1.807) is 12.3 Å². The molecule has 0 unspecified atom stereocenters. The van der Waals surface area contributed by atoms with Gasteiger partial charge in [-0.15, -0.1) is 11.3 Å². The molecule has 0 bridgehead atoms. The molecule has 0 atom stereocenters. The van der Waals surface area contributed by atoms with Crippen molar-refractivity contribution >= 4 is 32.5 Å². The SMILES string of the molecule is CCOC(=O)Cc1csc(NS(=O)(=O)c2ccn[nH]2)n1. The highest BCUT2D eigenvalue weighted by Gasteiger charge is 2.18. The first-order valence-electron chi connectivity index (χ1n) is 5.63. The standard InChI is InChI=1S/C10H12N4O4S2/c1-2-18-9(15)5-7-6-19-10(12-7)14-20(16,17)8-3-4-11-13-8/h3-4,6H,2,5H2,1H3,(H,11,13)(H,12,14). The van der Waals surface area contributed by atoms with E-state index in [-0.39, 0.29) is 16.6 Å². The molecule has 2 rings (SSSR count). The molecule has 0 aromatic carbocycles. The molecule has 0 aliphatic heterocycles. The lowest BCUT2D eigenvalue weighted by atomic mass is 10.3. The molecule has 2 N–H and O–H groups in total. The van der Waals surface area contributed by atoms with Crippen molar-refractivity contribution in [2.24, 2.45) is 0 Å². The zero-order valence-corrected chi connectivity index (χ0v) is 12.1. The number of rotatable bonds is 6.